The van der Waals surface area contributed by atoms with E-state index in [4.69, 9.17) is 9.98 Å². The summed E-state index contributed by atoms with van der Waals surface area (Å²) in [6.45, 7) is 4.03. The van der Waals surface area contributed by atoms with Crippen LogP contribution in [0.25, 0.3) is 10.9 Å². The second-order valence-electron chi connectivity index (χ2n) is 7.42. The van der Waals surface area contributed by atoms with Gasteiger partial charge in [-0.25, -0.2) is 9.98 Å². The molecular formula is C24H32IN5O. The quantitative estimate of drug-likeness (QED) is 0.234. The minimum absolute atomic E-state index is 0. The fourth-order valence-electron chi connectivity index (χ4n) is 3.33. The lowest BCUT2D eigenvalue weighted by atomic mass is 10.0. The highest BCUT2D eigenvalue weighted by Crippen LogP contribution is 2.22. The number of rotatable bonds is 8. The molecule has 0 saturated heterocycles. The number of anilines is 1. The molecule has 31 heavy (non-hydrogen) atoms. The largest absolute Gasteiger partial charge is 0.396 e. The van der Waals surface area contributed by atoms with E-state index >= 15 is 0 Å². The van der Waals surface area contributed by atoms with E-state index in [9.17, 15) is 5.11 Å². The SMILES string of the molecule is CCNC(=NCc1cc(N(C)C)nc2ccccc12)NCC(CO)c1ccccc1.I. The highest BCUT2D eigenvalue weighted by molar-refractivity contribution is 14.0. The topological polar surface area (TPSA) is 72.8 Å². The van der Waals surface area contributed by atoms with Gasteiger partial charge in [0.15, 0.2) is 5.96 Å². The van der Waals surface area contributed by atoms with Gasteiger partial charge < -0.3 is 20.6 Å². The molecule has 6 nitrogen and oxygen atoms in total. The molecule has 0 spiro atoms. The van der Waals surface area contributed by atoms with Crippen molar-refractivity contribution in [3.05, 3.63) is 71.8 Å². The van der Waals surface area contributed by atoms with Crippen molar-refractivity contribution in [2.75, 3.05) is 38.7 Å². The van der Waals surface area contributed by atoms with Crippen molar-refractivity contribution >= 4 is 46.7 Å². The zero-order chi connectivity index (χ0) is 21.3. The van der Waals surface area contributed by atoms with Crippen LogP contribution in [0, 0.1) is 0 Å². The first-order valence-corrected chi connectivity index (χ1v) is 10.4. The fraction of sp³-hybridized carbons (Fsp3) is 0.333. The predicted octanol–water partition coefficient (Wildman–Crippen LogP) is 3.75. The Labute approximate surface area is 201 Å². The van der Waals surface area contributed by atoms with Crippen molar-refractivity contribution in [3.8, 4) is 0 Å². The molecule has 0 aliphatic rings. The first-order chi connectivity index (χ1) is 14.6. The summed E-state index contributed by atoms with van der Waals surface area (Å²) < 4.78 is 0. The number of aliphatic hydroxyl groups is 1. The molecule has 1 aromatic heterocycles. The van der Waals surface area contributed by atoms with Crippen LogP contribution in [-0.2, 0) is 6.54 Å². The third-order valence-electron chi connectivity index (χ3n) is 5.01. The van der Waals surface area contributed by atoms with E-state index in [0.29, 0.717) is 13.1 Å². The first-order valence-electron chi connectivity index (χ1n) is 10.4. The number of hydrogen-bond donors (Lipinski definition) is 3. The van der Waals surface area contributed by atoms with Gasteiger partial charge in [0.25, 0.3) is 0 Å². The van der Waals surface area contributed by atoms with Gasteiger partial charge in [0.1, 0.15) is 5.82 Å². The molecule has 3 aromatic rings. The summed E-state index contributed by atoms with van der Waals surface area (Å²) in [6, 6.07) is 20.3. The maximum Gasteiger partial charge on any atom is 0.191 e. The van der Waals surface area contributed by atoms with E-state index in [1.54, 1.807) is 0 Å². The molecule has 3 rings (SSSR count). The number of guanidine groups is 1. The van der Waals surface area contributed by atoms with Crippen molar-refractivity contribution in [3.63, 3.8) is 0 Å². The van der Waals surface area contributed by atoms with Crippen LogP contribution >= 0.6 is 24.0 Å². The van der Waals surface area contributed by atoms with Gasteiger partial charge in [-0.2, -0.15) is 0 Å². The number of fused-ring (bicyclic) bond motifs is 1. The van der Waals surface area contributed by atoms with Gasteiger partial charge in [-0.3, -0.25) is 0 Å². The van der Waals surface area contributed by atoms with Crippen molar-refractivity contribution in [2.45, 2.75) is 19.4 Å². The van der Waals surface area contributed by atoms with Crippen molar-refractivity contribution in [2.24, 2.45) is 4.99 Å². The molecule has 0 aliphatic heterocycles. The van der Waals surface area contributed by atoms with Crippen molar-refractivity contribution in [1.29, 1.82) is 0 Å². The lowest BCUT2D eigenvalue weighted by molar-refractivity contribution is 0.265. The monoisotopic (exact) mass is 533 g/mol. The first kappa shape index (κ1) is 24.9. The average molecular weight is 533 g/mol. The smallest absolute Gasteiger partial charge is 0.191 e. The number of nitrogens with zero attached hydrogens (tertiary/aromatic N) is 3. The number of nitrogens with one attached hydrogen (secondary N) is 2. The lowest BCUT2D eigenvalue weighted by Crippen LogP contribution is -2.39. The second-order valence-corrected chi connectivity index (χ2v) is 7.42. The number of aromatic nitrogens is 1. The fourth-order valence-corrected chi connectivity index (χ4v) is 3.33. The standard InChI is InChI=1S/C24H31N5O.HI/c1-4-25-24(27-16-20(17-30)18-10-6-5-7-11-18)26-15-19-14-23(29(2)3)28-22-13-9-8-12-21(19)22;/h5-14,20,30H,4,15-17H2,1-3H3,(H2,25,26,27);1H. The number of aliphatic imine (C=N–C) groups is 1. The molecule has 0 bridgehead atoms. The number of para-hydroxylation sites is 1. The van der Waals surface area contributed by atoms with E-state index in [2.05, 4.69) is 22.8 Å². The van der Waals surface area contributed by atoms with Gasteiger partial charge in [0.05, 0.1) is 18.7 Å². The van der Waals surface area contributed by atoms with Crippen LogP contribution in [0.15, 0.2) is 65.7 Å². The van der Waals surface area contributed by atoms with Crippen molar-refractivity contribution in [1.82, 2.24) is 15.6 Å². The van der Waals surface area contributed by atoms with Gasteiger partial charge in [-0.05, 0) is 30.2 Å². The van der Waals surface area contributed by atoms with Crippen LogP contribution in [-0.4, -0.2) is 49.8 Å². The summed E-state index contributed by atoms with van der Waals surface area (Å²) in [5.74, 6) is 1.66. The molecule has 7 heteroatoms. The molecule has 2 aromatic carbocycles. The number of pyridine rings is 1. The number of benzene rings is 2. The van der Waals surface area contributed by atoms with Gasteiger partial charge in [0.2, 0.25) is 0 Å². The van der Waals surface area contributed by atoms with E-state index in [1.165, 1.54) is 0 Å². The zero-order valence-corrected chi connectivity index (χ0v) is 20.7. The Bertz CT molecular complexity index is 978. The Morgan fingerprint density at radius 2 is 1.77 bits per heavy atom. The zero-order valence-electron chi connectivity index (χ0n) is 18.4. The summed E-state index contributed by atoms with van der Waals surface area (Å²) in [4.78, 5) is 11.5. The molecule has 0 radical (unpaired) electrons. The Morgan fingerprint density at radius 1 is 1.06 bits per heavy atom. The molecule has 0 amide bonds. The average Bonchev–Trinajstić information content (AvgIpc) is 2.78. The third-order valence-corrected chi connectivity index (χ3v) is 5.01. The number of aliphatic hydroxyl groups excluding tert-OH is 1. The number of halogens is 1. The summed E-state index contributed by atoms with van der Waals surface area (Å²) >= 11 is 0. The van der Waals surface area contributed by atoms with E-state index in [-0.39, 0.29) is 36.5 Å². The van der Waals surface area contributed by atoms with E-state index < -0.39 is 0 Å². The van der Waals surface area contributed by atoms with Crippen molar-refractivity contribution < 1.29 is 5.11 Å². The van der Waals surface area contributed by atoms with Crippen LogP contribution in [0.1, 0.15) is 24.0 Å². The Kier molecular flexibility index (Phi) is 10.00. The summed E-state index contributed by atoms with van der Waals surface area (Å²) in [6.07, 6.45) is 0. The molecular weight excluding hydrogens is 501 g/mol. The van der Waals surface area contributed by atoms with E-state index in [1.807, 2.05) is 74.4 Å². The molecule has 0 fully saturated rings. The number of hydrogen-bond acceptors (Lipinski definition) is 4. The van der Waals surface area contributed by atoms with Gasteiger partial charge in [-0.15, -0.1) is 24.0 Å². The van der Waals surface area contributed by atoms with Crippen LogP contribution < -0.4 is 15.5 Å². The Hall–Kier alpha value is -2.39. The van der Waals surface area contributed by atoms with Crippen LogP contribution in [0.3, 0.4) is 0 Å². The Balaban J connectivity index is 0.00000341. The van der Waals surface area contributed by atoms with E-state index in [0.717, 1.165) is 40.4 Å². The third kappa shape index (κ3) is 6.80. The molecule has 0 saturated carbocycles. The highest BCUT2D eigenvalue weighted by Gasteiger charge is 2.11. The lowest BCUT2D eigenvalue weighted by Gasteiger charge is -2.18. The summed E-state index contributed by atoms with van der Waals surface area (Å²) in [5.41, 5.74) is 3.21. The minimum atomic E-state index is 0. The summed E-state index contributed by atoms with van der Waals surface area (Å²) in [7, 11) is 3.99. The summed E-state index contributed by atoms with van der Waals surface area (Å²) in [5, 5.41) is 17.6. The molecule has 1 heterocycles. The second kappa shape index (κ2) is 12.5. The van der Waals surface area contributed by atoms with Crippen LogP contribution in [0.5, 0.6) is 0 Å². The Morgan fingerprint density at radius 3 is 2.45 bits per heavy atom. The minimum Gasteiger partial charge on any atom is -0.396 e. The van der Waals surface area contributed by atoms with Crippen LogP contribution in [0.2, 0.25) is 0 Å². The van der Waals surface area contributed by atoms with Gasteiger partial charge >= 0.3 is 0 Å². The highest BCUT2D eigenvalue weighted by atomic mass is 127. The van der Waals surface area contributed by atoms with Crippen LogP contribution in [0.4, 0.5) is 5.82 Å². The predicted molar refractivity (Wildman–Crippen MR) is 141 cm³/mol. The normalized spacial score (nSPS) is 12.2. The van der Waals surface area contributed by atoms with Gasteiger partial charge in [-0.1, -0.05) is 48.5 Å². The maximum absolute atomic E-state index is 9.82. The molecule has 1 unspecified atom stereocenters. The molecule has 3 N–H and O–H groups in total. The molecule has 1 atom stereocenters. The molecule has 0 aliphatic carbocycles. The van der Waals surface area contributed by atoms with Gasteiger partial charge in [0, 0.05) is 38.5 Å². The molecule has 166 valence electrons. The maximum atomic E-state index is 9.82.